The molecule has 0 aliphatic rings. The second-order valence-corrected chi connectivity index (χ2v) is 8.39. The molecular formula is C20H21FN4O3S. The van der Waals surface area contributed by atoms with Gasteiger partial charge in [-0.2, -0.15) is 0 Å². The van der Waals surface area contributed by atoms with Gasteiger partial charge in [0.1, 0.15) is 11.9 Å². The van der Waals surface area contributed by atoms with Crippen molar-refractivity contribution in [3.05, 3.63) is 78.6 Å². The molecule has 1 aromatic heterocycles. The summed E-state index contributed by atoms with van der Waals surface area (Å²) in [5.41, 5.74) is 1.92. The van der Waals surface area contributed by atoms with E-state index in [-0.39, 0.29) is 12.2 Å². The van der Waals surface area contributed by atoms with Crippen LogP contribution >= 0.6 is 0 Å². The molecule has 1 heterocycles. The molecule has 0 saturated carbocycles. The quantitative estimate of drug-likeness (QED) is 0.641. The lowest BCUT2D eigenvalue weighted by atomic mass is 10.1. The van der Waals surface area contributed by atoms with Crippen LogP contribution in [0.4, 0.5) is 10.1 Å². The van der Waals surface area contributed by atoms with Crippen LogP contribution < -0.4 is 9.62 Å². The van der Waals surface area contributed by atoms with E-state index < -0.39 is 27.8 Å². The van der Waals surface area contributed by atoms with Crippen LogP contribution in [0.15, 0.2) is 67.3 Å². The number of nitrogens with zero attached hydrogens (tertiary/aromatic N) is 3. The Hall–Kier alpha value is -3.20. The molecule has 152 valence electrons. The third kappa shape index (κ3) is 4.80. The number of benzene rings is 2. The van der Waals surface area contributed by atoms with Gasteiger partial charge in [-0.3, -0.25) is 9.10 Å². The van der Waals surface area contributed by atoms with Crippen LogP contribution in [0.5, 0.6) is 0 Å². The topological polar surface area (TPSA) is 84.3 Å². The zero-order chi connectivity index (χ0) is 21.0. The predicted molar refractivity (Wildman–Crippen MR) is 109 cm³/mol. The molecule has 0 saturated heterocycles. The van der Waals surface area contributed by atoms with E-state index in [9.17, 15) is 17.6 Å². The maximum absolute atomic E-state index is 13.2. The van der Waals surface area contributed by atoms with Gasteiger partial charge >= 0.3 is 0 Å². The average molecular weight is 416 g/mol. The molecule has 0 fully saturated rings. The molecule has 0 aliphatic heterocycles. The first kappa shape index (κ1) is 20.5. The minimum Gasteiger partial charge on any atom is -0.350 e. The van der Waals surface area contributed by atoms with Crippen molar-refractivity contribution in [1.82, 2.24) is 14.9 Å². The van der Waals surface area contributed by atoms with E-state index in [2.05, 4.69) is 10.3 Å². The molecule has 0 aliphatic carbocycles. The number of imidazole rings is 1. The Kier molecular flexibility index (Phi) is 5.97. The molecule has 29 heavy (non-hydrogen) atoms. The number of aromatic nitrogens is 2. The molecule has 1 N–H and O–H groups in total. The van der Waals surface area contributed by atoms with Crippen molar-refractivity contribution in [2.75, 3.05) is 10.6 Å². The van der Waals surface area contributed by atoms with Crippen molar-refractivity contribution in [1.29, 1.82) is 0 Å². The Morgan fingerprint density at radius 3 is 2.52 bits per heavy atom. The van der Waals surface area contributed by atoms with E-state index in [0.717, 1.165) is 33.9 Å². The second kappa shape index (κ2) is 8.44. The van der Waals surface area contributed by atoms with Gasteiger partial charge in [0.05, 0.1) is 24.0 Å². The molecule has 2 aromatic carbocycles. The summed E-state index contributed by atoms with van der Waals surface area (Å²) in [7, 11) is -3.76. The fraction of sp³-hybridized carbons (Fsp3) is 0.200. The minimum atomic E-state index is -3.76. The summed E-state index contributed by atoms with van der Waals surface area (Å²) in [6.07, 6.45) is 6.12. The Balaban J connectivity index is 1.79. The molecule has 0 radical (unpaired) electrons. The van der Waals surface area contributed by atoms with E-state index in [1.54, 1.807) is 18.7 Å². The van der Waals surface area contributed by atoms with Crippen LogP contribution in [0.25, 0.3) is 5.69 Å². The Morgan fingerprint density at radius 2 is 1.90 bits per heavy atom. The van der Waals surface area contributed by atoms with Crippen LogP contribution in [0.3, 0.4) is 0 Å². The van der Waals surface area contributed by atoms with Crippen LogP contribution in [0.2, 0.25) is 0 Å². The van der Waals surface area contributed by atoms with Gasteiger partial charge in [-0.05, 0) is 42.8 Å². The average Bonchev–Trinajstić information content (AvgIpc) is 3.21. The van der Waals surface area contributed by atoms with Gasteiger partial charge in [-0.15, -0.1) is 0 Å². The first-order valence-electron chi connectivity index (χ1n) is 8.86. The molecule has 3 rings (SSSR count). The lowest BCUT2D eigenvalue weighted by molar-refractivity contribution is -0.122. The maximum Gasteiger partial charge on any atom is 0.243 e. The number of halogens is 1. The third-order valence-corrected chi connectivity index (χ3v) is 5.64. The van der Waals surface area contributed by atoms with E-state index in [1.807, 2.05) is 28.8 Å². The highest BCUT2D eigenvalue weighted by Gasteiger charge is 2.29. The van der Waals surface area contributed by atoms with Crippen molar-refractivity contribution in [2.24, 2.45) is 0 Å². The molecule has 0 unspecified atom stereocenters. The summed E-state index contributed by atoms with van der Waals surface area (Å²) in [5, 5.41) is 2.78. The normalized spacial score (nSPS) is 12.4. The molecule has 9 heteroatoms. The van der Waals surface area contributed by atoms with Gasteiger partial charge in [0.15, 0.2) is 0 Å². The van der Waals surface area contributed by atoms with Crippen molar-refractivity contribution in [3.8, 4) is 5.69 Å². The van der Waals surface area contributed by atoms with Crippen LogP contribution in [0.1, 0.15) is 12.5 Å². The molecule has 1 amide bonds. The largest absolute Gasteiger partial charge is 0.350 e. The van der Waals surface area contributed by atoms with Gasteiger partial charge in [0.25, 0.3) is 0 Å². The van der Waals surface area contributed by atoms with Crippen LogP contribution in [-0.4, -0.2) is 36.2 Å². The first-order chi connectivity index (χ1) is 13.8. The number of nitrogens with one attached hydrogen (secondary N) is 1. The van der Waals surface area contributed by atoms with Gasteiger partial charge in [0, 0.05) is 18.9 Å². The van der Waals surface area contributed by atoms with E-state index in [4.69, 9.17) is 0 Å². The molecule has 0 bridgehead atoms. The van der Waals surface area contributed by atoms with Gasteiger partial charge in [-0.1, -0.05) is 18.2 Å². The first-order valence-corrected chi connectivity index (χ1v) is 10.7. The number of amides is 1. The molecule has 0 spiro atoms. The summed E-state index contributed by atoms with van der Waals surface area (Å²) in [6.45, 7) is 1.69. The highest BCUT2D eigenvalue weighted by Crippen LogP contribution is 2.21. The molecule has 3 aromatic rings. The number of para-hydroxylation sites is 1. The van der Waals surface area contributed by atoms with E-state index >= 15 is 0 Å². The molecule has 1 atom stereocenters. The zero-order valence-corrected chi connectivity index (χ0v) is 16.8. The number of hydrogen-bond acceptors (Lipinski definition) is 4. The van der Waals surface area contributed by atoms with Crippen molar-refractivity contribution >= 4 is 21.6 Å². The molecule has 7 nitrogen and oxygen atoms in total. The fourth-order valence-electron chi connectivity index (χ4n) is 3.04. The number of anilines is 1. The Labute approximate surface area is 168 Å². The van der Waals surface area contributed by atoms with E-state index in [1.165, 1.54) is 19.1 Å². The molecular weight excluding hydrogens is 395 g/mol. The second-order valence-electron chi connectivity index (χ2n) is 6.53. The van der Waals surface area contributed by atoms with Gasteiger partial charge < -0.3 is 9.88 Å². The standard InChI is InChI=1S/C20H21FN4O3S/c1-15(25(29(2,27)28)18-9-7-17(21)8-10-18)20(26)23-13-16-5-3-4-6-19(16)24-12-11-22-14-24/h3-12,14-15H,13H2,1-2H3,(H,23,26)/t15-/m1/s1. The number of hydrogen-bond donors (Lipinski definition) is 1. The number of carbonyl (C=O) groups is 1. The van der Waals surface area contributed by atoms with E-state index in [0.29, 0.717) is 0 Å². The lowest BCUT2D eigenvalue weighted by Crippen LogP contribution is -2.47. The fourth-order valence-corrected chi connectivity index (χ4v) is 4.22. The predicted octanol–water partition coefficient (Wildman–Crippen LogP) is 2.48. The minimum absolute atomic E-state index is 0.207. The monoisotopic (exact) mass is 416 g/mol. The van der Waals surface area contributed by atoms with Crippen molar-refractivity contribution in [3.63, 3.8) is 0 Å². The third-order valence-electron chi connectivity index (χ3n) is 4.40. The highest BCUT2D eigenvalue weighted by atomic mass is 32.2. The van der Waals surface area contributed by atoms with Crippen LogP contribution in [-0.2, 0) is 21.4 Å². The summed E-state index contributed by atoms with van der Waals surface area (Å²) in [6, 6.07) is 11.4. The maximum atomic E-state index is 13.2. The summed E-state index contributed by atoms with van der Waals surface area (Å²) in [4.78, 5) is 16.8. The van der Waals surface area contributed by atoms with Crippen LogP contribution in [0, 0.1) is 5.82 Å². The smallest absolute Gasteiger partial charge is 0.243 e. The lowest BCUT2D eigenvalue weighted by Gasteiger charge is -2.28. The van der Waals surface area contributed by atoms with Crippen molar-refractivity contribution in [2.45, 2.75) is 19.5 Å². The highest BCUT2D eigenvalue weighted by molar-refractivity contribution is 7.92. The van der Waals surface area contributed by atoms with Gasteiger partial charge in [-0.25, -0.2) is 17.8 Å². The SMILES string of the molecule is C[C@H](C(=O)NCc1ccccc1-n1ccnc1)N(c1ccc(F)cc1)S(C)(=O)=O. The number of carbonyl (C=O) groups excluding carboxylic acids is 1. The summed E-state index contributed by atoms with van der Waals surface area (Å²) >= 11 is 0. The zero-order valence-electron chi connectivity index (χ0n) is 16.0. The number of rotatable bonds is 7. The van der Waals surface area contributed by atoms with Gasteiger partial charge in [0.2, 0.25) is 15.9 Å². The summed E-state index contributed by atoms with van der Waals surface area (Å²) < 4.78 is 40.6. The summed E-state index contributed by atoms with van der Waals surface area (Å²) in [5.74, 6) is -0.962. The Morgan fingerprint density at radius 1 is 1.21 bits per heavy atom. The Bertz CT molecular complexity index is 1080. The van der Waals surface area contributed by atoms with Crippen molar-refractivity contribution < 1.29 is 17.6 Å². The number of sulfonamides is 1.